The molecule has 2 aliphatic rings. The molecule has 3 rings (SSSR count). The Morgan fingerprint density at radius 3 is 2.81 bits per heavy atom. The molecule has 1 unspecified atom stereocenters. The number of fused-ring (bicyclic) bond motifs is 1. The smallest absolute Gasteiger partial charge is 0.367 e. The summed E-state index contributed by atoms with van der Waals surface area (Å²) in [5.41, 5.74) is 5.81. The van der Waals surface area contributed by atoms with Gasteiger partial charge in [0.15, 0.2) is 0 Å². The lowest BCUT2D eigenvalue weighted by molar-refractivity contribution is -0.112. The van der Waals surface area contributed by atoms with Crippen LogP contribution in [0.5, 0.6) is 5.75 Å². The van der Waals surface area contributed by atoms with Gasteiger partial charge in [-0.15, -0.1) is 0 Å². The SMILES string of the molecule is CN1C(=O)/C(=N/C(=O)/N=C/C(=C\N)CC2=CC=C(F)CC2F)COc2ccc(C#CC(C)(C)O)cc21. The molecular formula is C26H26F2N4O4. The van der Waals surface area contributed by atoms with Gasteiger partial charge in [-0.05, 0) is 61.9 Å². The van der Waals surface area contributed by atoms with Crippen LogP contribution in [-0.4, -0.2) is 54.4 Å². The van der Waals surface area contributed by atoms with Crippen LogP contribution in [0.4, 0.5) is 19.3 Å². The number of carbonyl (C=O) groups is 2. The van der Waals surface area contributed by atoms with Crippen molar-refractivity contribution in [1.82, 2.24) is 0 Å². The molecule has 0 fully saturated rings. The van der Waals surface area contributed by atoms with E-state index in [9.17, 15) is 23.5 Å². The van der Waals surface area contributed by atoms with Crippen LogP contribution in [0, 0.1) is 11.8 Å². The summed E-state index contributed by atoms with van der Waals surface area (Å²) in [6, 6.07) is 3.97. The molecular weight excluding hydrogens is 470 g/mol. The normalized spacial score (nSPS) is 19.7. The van der Waals surface area contributed by atoms with Gasteiger partial charge in [-0.25, -0.2) is 13.6 Å². The molecule has 10 heteroatoms. The standard InChI is InChI=1S/C26H26F2N4O4/c1-26(2,35)9-8-16-4-7-23-22(11-16)32(3)24(33)21(15-36-23)31-25(34)30-14-17(13-29)10-18-5-6-19(27)12-20(18)28/h4-7,11,13-14,20,35H,10,12,15,29H2,1-3H3/b17-13-,30-14+,31-21+. The lowest BCUT2D eigenvalue weighted by atomic mass is 9.96. The Balaban J connectivity index is 1.74. The van der Waals surface area contributed by atoms with Crippen molar-refractivity contribution in [3.05, 3.63) is 59.1 Å². The first-order valence-corrected chi connectivity index (χ1v) is 11.0. The molecule has 0 bridgehead atoms. The number of hydrogen-bond acceptors (Lipinski definition) is 5. The van der Waals surface area contributed by atoms with Gasteiger partial charge >= 0.3 is 6.03 Å². The van der Waals surface area contributed by atoms with Gasteiger partial charge < -0.3 is 20.5 Å². The zero-order valence-electron chi connectivity index (χ0n) is 20.1. The Hall–Kier alpha value is -4.10. The molecule has 36 heavy (non-hydrogen) atoms. The Kier molecular flexibility index (Phi) is 8.17. The van der Waals surface area contributed by atoms with Gasteiger partial charge in [-0.2, -0.15) is 9.98 Å². The van der Waals surface area contributed by atoms with Crippen molar-refractivity contribution >= 4 is 29.6 Å². The molecule has 0 spiro atoms. The Morgan fingerprint density at radius 1 is 1.39 bits per heavy atom. The lowest BCUT2D eigenvalue weighted by Crippen LogP contribution is -2.34. The number of aliphatic hydroxyl groups is 1. The van der Waals surface area contributed by atoms with E-state index < -0.39 is 29.5 Å². The topological polar surface area (TPSA) is 118 Å². The molecule has 3 N–H and O–H groups in total. The van der Waals surface area contributed by atoms with Gasteiger partial charge in [0.1, 0.15) is 35.7 Å². The van der Waals surface area contributed by atoms with Crippen molar-refractivity contribution in [3.63, 3.8) is 0 Å². The molecule has 0 aromatic heterocycles. The Bertz CT molecular complexity index is 1280. The van der Waals surface area contributed by atoms with Crippen LogP contribution in [0.25, 0.3) is 0 Å². The molecule has 1 aliphatic carbocycles. The number of benzene rings is 1. The minimum atomic E-state index is -1.49. The highest BCUT2D eigenvalue weighted by atomic mass is 19.1. The predicted molar refractivity (Wildman–Crippen MR) is 134 cm³/mol. The third kappa shape index (κ3) is 6.96. The van der Waals surface area contributed by atoms with Crippen LogP contribution in [0.1, 0.15) is 32.3 Å². The number of aliphatic imine (C=N–C) groups is 2. The fourth-order valence-electron chi connectivity index (χ4n) is 3.30. The van der Waals surface area contributed by atoms with Crippen LogP contribution in [0.3, 0.4) is 0 Å². The van der Waals surface area contributed by atoms with Crippen LogP contribution >= 0.6 is 0 Å². The maximum Gasteiger partial charge on any atom is 0.367 e. The van der Waals surface area contributed by atoms with Gasteiger partial charge in [-0.1, -0.05) is 17.9 Å². The molecule has 0 saturated heterocycles. The minimum absolute atomic E-state index is 0.0353. The molecule has 8 nitrogen and oxygen atoms in total. The van der Waals surface area contributed by atoms with E-state index in [1.54, 1.807) is 32.0 Å². The van der Waals surface area contributed by atoms with E-state index in [4.69, 9.17) is 10.5 Å². The lowest BCUT2D eigenvalue weighted by Gasteiger charge is -2.16. The van der Waals surface area contributed by atoms with Gasteiger partial charge in [0, 0.05) is 25.2 Å². The molecule has 188 valence electrons. The molecule has 1 heterocycles. The summed E-state index contributed by atoms with van der Waals surface area (Å²) in [5, 5.41) is 9.80. The monoisotopic (exact) mass is 496 g/mol. The highest BCUT2D eigenvalue weighted by molar-refractivity contribution is 6.46. The molecule has 3 amide bonds. The van der Waals surface area contributed by atoms with Crippen molar-refractivity contribution in [2.75, 3.05) is 18.6 Å². The fraction of sp³-hybridized carbons (Fsp3) is 0.308. The highest BCUT2D eigenvalue weighted by Crippen LogP contribution is 2.31. The van der Waals surface area contributed by atoms with Crippen LogP contribution < -0.4 is 15.4 Å². The van der Waals surface area contributed by atoms with Crippen molar-refractivity contribution in [1.29, 1.82) is 0 Å². The van der Waals surface area contributed by atoms with E-state index >= 15 is 0 Å². The van der Waals surface area contributed by atoms with E-state index in [0.29, 0.717) is 28.1 Å². The number of rotatable bonds is 3. The molecule has 0 saturated carbocycles. The minimum Gasteiger partial charge on any atom is -0.485 e. The average Bonchev–Trinajstić information content (AvgIpc) is 2.93. The number of urea groups is 1. The number of ether oxygens (including phenoxy) is 1. The van der Waals surface area contributed by atoms with Crippen LogP contribution in [-0.2, 0) is 4.79 Å². The number of hydrogen-bond donors (Lipinski definition) is 2. The molecule has 1 atom stereocenters. The fourth-order valence-corrected chi connectivity index (χ4v) is 3.30. The van der Waals surface area contributed by atoms with Gasteiger partial charge in [0.2, 0.25) is 0 Å². The number of halogens is 2. The van der Waals surface area contributed by atoms with E-state index in [2.05, 4.69) is 21.8 Å². The second-order valence-electron chi connectivity index (χ2n) is 8.69. The summed E-state index contributed by atoms with van der Waals surface area (Å²) in [4.78, 5) is 34.0. The number of nitrogens with two attached hydrogens (primary N) is 1. The summed E-state index contributed by atoms with van der Waals surface area (Å²) in [5.74, 6) is 4.81. The second kappa shape index (κ2) is 11.1. The van der Waals surface area contributed by atoms with E-state index in [1.165, 1.54) is 24.1 Å². The Labute approximate surface area is 207 Å². The number of amides is 3. The third-order valence-corrected chi connectivity index (χ3v) is 5.20. The predicted octanol–water partition coefficient (Wildman–Crippen LogP) is 3.55. The second-order valence-corrected chi connectivity index (χ2v) is 8.69. The maximum atomic E-state index is 14.0. The molecule has 0 radical (unpaired) electrons. The first-order valence-electron chi connectivity index (χ1n) is 11.0. The Morgan fingerprint density at radius 2 is 2.14 bits per heavy atom. The summed E-state index contributed by atoms with van der Waals surface area (Å²) >= 11 is 0. The number of carbonyl (C=O) groups excluding carboxylic acids is 2. The summed E-state index contributed by atoms with van der Waals surface area (Å²) < 4.78 is 32.9. The number of nitrogens with zero attached hydrogens (tertiary/aromatic N) is 3. The number of allylic oxidation sites excluding steroid dienone is 5. The summed E-state index contributed by atoms with van der Waals surface area (Å²) in [6.45, 7) is 2.85. The maximum absolute atomic E-state index is 14.0. The average molecular weight is 497 g/mol. The highest BCUT2D eigenvalue weighted by Gasteiger charge is 2.27. The number of anilines is 1. The van der Waals surface area contributed by atoms with E-state index in [0.717, 1.165) is 12.4 Å². The summed E-state index contributed by atoms with van der Waals surface area (Å²) in [7, 11) is 1.50. The van der Waals surface area contributed by atoms with E-state index in [-0.39, 0.29) is 25.2 Å². The summed E-state index contributed by atoms with van der Waals surface area (Å²) in [6.07, 6.45) is 3.00. The molecule has 1 aliphatic heterocycles. The van der Waals surface area contributed by atoms with Crippen molar-refractivity contribution in [2.45, 2.75) is 38.5 Å². The first-order chi connectivity index (χ1) is 17.0. The first kappa shape index (κ1) is 26.5. The number of alkyl halides is 1. The third-order valence-electron chi connectivity index (χ3n) is 5.20. The quantitative estimate of drug-likeness (QED) is 0.490. The molecule has 1 aromatic rings. The largest absolute Gasteiger partial charge is 0.485 e. The zero-order chi connectivity index (χ0) is 26.5. The van der Waals surface area contributed by atoms with Crippen molar-refractivity contribution < 1.29 is 28.2 Å². The molecule has 1 aromatic carbocycles. The van der Waals surface area contributed by atoms with Gasteiger partial charge in [0.25, 0.3) is 5.91 Å². The van der Waals surface area contributed by atoms with Gasteiger partial charge in [0.05, 0.1) is 5.69 Å². The van der Waals surface area contributed by atoms with Crippen LogP contribution in [0.2, 0.25) is 0 Å². The van der Waals surface area contributed by atoms with Gasteiger partial charge in [-0.3, -0.25) is 4.79 Å². The van der Waals surface area contributed by atoms with Crippen molar-refractivity contribution in [2.24, 2.45) is 15.7 Å². The van der Waals surface area contributed by atoms with E-state index in [1.807, 2.05) is 0 Å². The van der Waals surface area contributed by atoms with Crippen molar-refractivity contribution in [3.8, 4) is 17.6 Å². The van der Waals surface area contributed by atoms with Crippen LogP contribution in [0.15, 0.2) is 63.5 Å². The zero-order valence-corrected chi connectivity index (χ0v) is 20.1.